The van der Waals surface area contributed by atoms with Crippen LogP contribution in [0.2, 0.25) is 0 Å². The predicted molar refractivity (Wildman–Crippen MR) is 111 cm³/mol. The van der Waals surface area contributed by atoms with Gasteiger partial charge in [-0.05, 0) is 40.5 Å². The number of ether oxygens (including phenoxy) is 1. The minimum Gasteiger partial charge on any atom is -0.462 e. The average molecular weight is 352 g/mol. The number of hydrogen-bond donors (Lipinski definition) is 0. The molecule has 2 nitrogen and oxygen atoms in total. The summed E-state index contributed by atoms with van der Waals surface area (Å²) in [6, 6.07) is 30.4. The summed E-state index contributed by atoms with van der Waals surface area (Å²) >= 11 is 0. The van der Waals surface area contributed by atoms with E-state index < -0.39 is 0 Å². The highest BCUT2D eigenvalue weighted by Crippen LogP contribution is 2.41. The molecule has 132 valence electrons. The van der Waals surface area contributed by atoms with E-state index in [4.69, 9.17) is 4.74 Å². The molecule has 0 fully saturated rings. The molecule has 0 saturated carbocycles. The van der Waals surface area contributed by atoms with Gasteiger partial charge in [0, 0.05) is 5.56 Å². The molecule has 0 spiro atoms. The van der Waals surface area contributed by atoms with E-state index in [1.165, 1.54) is 0 Å². The van der Waals surface area contributed by atoms with E-state index in [1.807, 2.05) is 79.7 Å². The van der Waals surface area contributed by atoms with E-state index in [0.29, 0.717) is 12.2 Å². The first kappa shape index (κ1) is 17.0. The Morgan fingerprint density at radius 1 is 0.741 bits per heavy atom. The van der Waals surface area contributed by atoms with Gasteiger partial charge in [-0.1, -0.05) is 84.9 Å². The van der Waals surface area contributed by atoms with Crippen molar-refractivity contribution in [2.24, 2.45) is 0 Å². The molecule has 0 aliphatic heterocycles. The van der Waals surface area contributed by atoms with Crippen LogP contribution in [0, 0.1) is 0 Å². The fourth-order valence-electron chi connectivity index (χ4n) is 3.53. The molecule has 0 amide bonds. The van der Waals surface area contributed by atoms with Crippen molar-refractivity contribution >= 4 is 16.7 Å². The number of rotatable bonds is 4. The highest BCUT2D eigenvalue weighted by Gasteiger charge is 2.21. The van der Waals surface area contributed by atoms with Gasteiger partial charge in [0.25, 0.3) is 0 Å². The van der Waals surface area contributed by atoms with E-state index in [-0.39, 0.29) is 5.97 Å². The van der Waals surface area contributed by atoms with Gasteiger partial charge in [-0.25, -0.2) is 4.79 Å². The van der Waals surface area contributed by atoms with Crippen molar-refractivity contribution in [3.05, 3.63) is 96.6 Å². The van der Waals surface area contributed by atoms with Crippen molar-refractivity contribution in [1.29, 1.82) is 0 Å². The summed E-state index contributed by atoms with van der Waals surface area (Å²) in [5.41, 5.74) is 4.66. The molecule has 0 saturated heterocycles. The van der Waals surface area contributed by atoms with Crippen LogP contribution in [0.25, 0.3) is 33.0 Å². The zero-order valence-electron chi connectivity index (χ0n) is 15.2. The van der Waals surface area contributed by atoms with Crippen LogP contribution in [0.4, 0.5) is 0 Å². The fourth-order valence-corrected chi connectivity index (χ4v) is 3.53. The summed E-state index contributed by atoms with van der Waals surface area (Å²) in [5, 5.41) is 2.15. The summed E-state index contributed by atoms with van der Waals surface area (Å²) in [7, 11) is 0. The normalized spacial score (nSPS) is 10.7. The van der Waals surface area contributed by atoms with Crippen LogP contribution < -0.4 is 0 Å². The third kappa shape index (κ3) is 3.22. The second kappa shape index (κ2) is 7.46. The minimum atomic E-state index is -0.292. The van der Waals surface area contributed by atoms with Crippen LogP contribution in [0.1, 0.15) is 17.3 Å². The van der Waals surface area contributed by atoms with Crippen LogP contribution in [0.15, 0.2) is 91.0 Å². The highest BCUT2D eigenvalue weighted by molar-refractivity contribution is 6.12. The van der Waals surface area contributed by atoms with Gasteiger partial charge in [0.05, 0.1) is 12.2 Å². The lowest BCUT2D eigenvalue weighted by atomic mass is 9.86. The second-order valence-electron chi connectivity index (χ2n) is 6.35. The lowest BCUT2D eigenvalue weighted by Gasteiger charge is -2.18. The Labute approximate surface area is 159 Å². The average Bonchev–Trinajstić information content (AvgIpc) is 2.73. The first-order valence-electron chi connectivity index (χ1n) is 9.13. The van der Waals surface area contributed by atoms with Gasteiger partial charge >= 0.3 is 5.97 Å². The van der Waals surface area contributed by atoms with E-state index in [9.17, 15) is 4.79 Å². The Morgan fingerprint density at radius 3 is 1.93 bits per heavy atom. The van der Waals surface area contributed by atoms with Crippen LogP contribution in [0.3, 0.4) is 0 Å². The third-order valence-corrected chi connectivity index (χ3v) is 4.67. The van der Waals surface area contributed by atoms with Crippen LogP contribution >= 0.6 is 0 Å². The van der Waals surface area contributed by atoms with Gasteiger partial charge in [-0.2, -0.15) is 0 Å². The molecule has 4 aromatic carbocycles. The molecule has 0 heterocycles. The summed E-state index contributed by atoms with van der Waals surface area (Å²) in [5.74, 6) is -0.292. The van der Waals surface area contributed by atoms with Gasteiger partial charge in [0.1, 0.15) is 0 Å². The zero-order chi connectivity index (χ0) is 18.6. The monoisotopic (exact) mass is 352 g/mol. The van der Waals surface area contributed by atoms with Crippen LogP contribution in [-0.2, 0) is 4.74 Å². The summed E-state index contributed by atoms with van der Waals surface area (Å²) < 4.78 is 5.39. The second-order valence-corrected chi connectivity index (χ2v) is 6.35. The van der Waals surface area contributed by atoms with Crippen LogP contribution in [-0.4, -0.2) is 12.6 Å². The van der Waals surface area contributed by atoms with Crippen LogP contribution in [0.5, 0.6) is 0 Å². The molecule has 0 aliphatic carbocycles. The largest absolute Gasteiger partial charge is 0.462 e. The Kier molecular flexibility index (Phi) is 4.71. The Hall–Kier alpha value is -3.39. The van der Waals surface area contributed by atoms with Crippen molar-refractivity contribution in [3.63, 3.8) is 0 Å². The number of esters is 1. The molecule has 0 N–H and O–H groups in total. The maximum absolute atomic E-state index is 12.8. The third-order valence-electron chi connectivity index (χ3n) is 4.67. The summed E-state index contributed by atoms with van der Waals surface area (Å²) in [6.45, 7) is 2.18. The molecule has 4 aromatic rings. The molecular weight excluding hydrogens is 332 g/mol. The van der Waals surface area contributed by atoms with Crippen molar-refractivity contribution in [2.75, 3.05) is 6.61 Å². The van der Waals surface area contributed by atoms with Gasteiger partial charge in [-0.15, -0.1) is 0 Å². The predicted octanol–water partition coefficient (Wildman–Crippen LogP) is 6.35. The molecule has 0 radical (unpaired) electrons. The molecule has 0 atom stereocenters. The quantitative estimate of drug-likeness (QED) is 0.400. The van der Waals surface area contributed by atoms with E-state index in [0.717, 1.165) is 33.0 Å². The van der Waals surface area contributed by atoms with Crippen molar-refractivity contribution in [3.8, 4) is 22.3 Å². The molecule has 4 rings (SSSR count). The summed E-state index contributed by atoms with van der Waals surface area (Å²) in [4.78, 5) is 12.8. The number of carbonyl (C=O) groups excluding carboxylic acids is 1. The molecule has 0 aliphatic rings. The van der Waals surface area contributed by atoms with Gasteiger partial charge in [-0.3, -0.25) is 0 Å². The Balaban J connectivity index is 2.15. The SMILES string of the molecule is CCOC(=O)c1cc2ccccc2c(-c2ccccc2)c1-c1ccccc1. The topological polar surface area (TPSA) is 26.3 Å². The Morgan fingerprint density at radius 2 is 1.30 bits per heavy atom. The standard InChI is InChI=1S/C25H20O2/c1-2-27-25(26)22-17-20-15-9-10-16-21(20)23(18-11-5-3-6-12-18)24(22)19-13-7-4-8-14-19/h3-17H,2H2,1H3. The fraction of sp³-hybridized carbons (Fsp3) is 0.0800. The van der Waals surface area contributed by atoms with Crippen molar-refractivity contribution in [2.45, 2.75) is 6.92 Å². The van der Waals surface area contributed by atoms with Gasteiger partial charge < -0.3 is 4.74 Å². The molecule has 27 heavy (non-hydrogen) atoms. The first-order chi connectivity index (χ1) is 13.3. The number of benzene rings is 4. The van der Waals surface area contributed by atoms with E-state index in [2.05, 4.69) is 18.2 Å². The highest BCUT2D eigenvalue weighted by atomic mass is 16.5. The minimum absolute atomic E-state index is 0.292. The Bertz CT molecular complexity index is 1080. The zero-order valence-corrected chi connectivity index (χ0v) is 15.2. The smallest absolute Gasteiger partial charge is 0.338 e. The molecule has 0 unspecified atom stereocenters. The number of hydrogen-bond acceptors (Lipinski definition) is 2. The van der Waals surface area contributed by atoms with Crippen molar-refractivity contribution < 1.29 is 9.53 Å². The molecule has 0 aromatic heterocycles. The van der Waals surface area contributed by atoms with E-state index >= 15 is 0 Å². The lowest BCUT2D eigenvalue weighted by molar-refractivity contribution is 0.0527. The molecule has 0 bridgehead atoms. The lowest BCUT2D eigenvalue weighted by Crippen LogP contribution is -2.08. The number of carbonyl (C=O) groups is 1. The maximum Gasteiger partial charge on any atom is 0.338 e. The maximum atomic E-state index is 12.8. The number of fused-ring (bicyclic) bond motifs is 1. The van der Waals surface area contributed by atoms with Gasteiger partial charge in [0.15, 0.2) is 0 Å². The molecular formula is C25H20O2. The first-order valence-corrected chi connectivity index (χ1v) is 9.13. The van der Waals surface area contributed by atoms with Crippen molar-refractivity contribution in [1.82, 2.24) is 0 Å². The van der Waals surface area contributed by atoms with E-state index in [1.54, 1.807) is 0 Å². The van der Waals surface area contributed by atoms with Gasteiger partial charge in [0.2, 0.25) is 0 Å². The summed E-state index contributed by atoms with van der Waals surface area (Å²) in [6.07, 6.45) is 0. The molecule has 2 heteroatoms.